The summed E-state index contributed by atoms with van der Waals surface area (Å²) in [6.07, 6.45) is 2.21. The Labute approximate surface area is 97.9 Å². The van der Waals surface area contributed by atoms with E-state index in [9.17, 15) is 0 Å². The zero-order valence-electron chi connectivity index (χ0n) is 8.79. The fourth-order valence-electron chi connectivity index (χ4n) is 1.45. The van der Waals surface area contributed by atoms with Crippen molar-refractivity contribution in [1.29, 1.82) is 5.26 Å². The monoisotopic (exact) mass is 230 g/mol. The number of para-hydroxylation sites is 1. The maximum atomic E-state index is 8.74. The molecule has 80 valence electrons. The van der Waals surface area contributed by atoms with Crippen molar-refractivity contribution < 1.29 is 0 Å². The Bertz CT molecular complexity index is 513. The Hall–Kier alpha value is -1.80. The second kappa shape index (κ2) is 4.81. The molecule has 16 heavy (non-hydrogen) atoms. The number of nitriles is 1. The maximum Gasteiger partial charge on any atom is 0.195 e. The third-order valence-corrected chi connectivity index (χ3v) is 2.76. The van der Waals surface area contributed by atoms with Crippen molar-refractivity contribution >= 4 is 11.8 Å². The summed E-state index contributed by atoms with van der Waals surface area (Å²) < 4.78 is 1.91. The second-order valence-corrected chi connectivity index (χ2v) is 3.88. The van der Waals surface area contributed by atoms with Crippen LogP contribution in [0.25, 0.3) is 5.69 Å². The fraction of sp³-hybridized carbons (Fsp3) is 0.182. The second-order valence-electron chi connectivity index (χ2n) is 3.11. The molecule has 0 saturated carbocycles. The van der Waals surface area contributed by atoms with Gasteiger partial charge in [0.2, 0.25) is 0 Å². The molecule has 0 aliphatic rings. The summed E-state index contributed by atoms with van der Waals surface area (Å²) in [6, 6.07) is 11.9. The Morgan fingerprint density at radius 3 is 2.69 bits per heavy atom. The van der Waals surface area contributed by atoms with Crippen molar-refractivity contribution in [3.05, 3.63) is 36.2 Å². The van der Waals surface area contributed by atoms with E-state index in [4.69, 9.17) is 5.26 Å². The minimum absolute atomic E-state index is 0.266. The van der Waals surface area contributed by atoms with Crippen LogP contribution in [0.2, 0.25) is 0 Å². The molecule has 0 N–H and O–H groups in total. The first-order chi connectivity index (χ1) is 7.86. The first-order valence-corrected chi connectivity index (χ1v) is 6.00. The molecule has 0 bridgehead atoms. The highest BCUT2D eigenvalue weighted by Crippen LogP contribution is 2.19. The van der Waals surface area contributed by atoms with Gasteiger partial charge in [-0.2, -0.15) is 5.26 Å². The van der Waals surface area contributed by atoms with Crippen molar-refractivity contribution in [2.24, 2.45) is 0 Å². The lowest BCUT2D eigenvalue weighted by molar-refractivity contribution is 0.857. The van der Waals surface area contributed by atoms with Crippen LogP contribution in [0.3, 0.4) is 0 Å². The number of nitrogens with zero attached hydrogens (tertiary/aromatic N) is 4. The van der Waals surface area contributed by atoms with Gasteiger partial charge in [-0.1, -0.05) is 30.0 Å². The molecule has 0 fully saturated rings. The van der Waals surface area contributed by atoms with Crippen LogP contribution in [0.1, 0.15) is 5.82 Å². The number of aromatic nitrogens is 3. The Kier molecular flexibility index (Phi) is 3.22. The van der Waals surface area contributed by atoms with Crippen LogP contribution in [0.15, 0.2) is 35.5 Å². The lowest BCUT2D eigenvalue weighted by atomic mass is 10.3. The molecule has 0 radical (unpaired) electrons. The summed E-state index contributed by atoms with van der Waals surface area (Å²) in [5, 5.41) is 17.6. The summed E-state index contributed by atoms with van der Waals surface area (Å²) in [4.78, 5) is 0. The van der Waals surface area contributed by atoms with Gasteiger partial charge in [0.25, 0.3) is 0 Å². The predicted molar refractivity (Wildman–Crippen MR) is 62.5 cm³/mol. The van der Waals surface area contributed by atoms with Gasteiger partial charge in [-0.25, -0.2) is 0 Å². The van der Waals surface area contributed by atoms with E-state index in [2.05, 4.69) is 16.3 Å². The van der Waals surface area contributed by atoms with E-state index in [1.54, 1.807) is 0 Å². The summed E-state index contributed by atoms with van der Waals surface area (Å²) >= 11 is 1.52. The third-order valence-electron chi connectivity index (χ3n) is 2.13. The van der Waals surface area contributed by atoms with Gasteiger partial charge in [-0.15, -0.1) is 10.2 Å². The lowest BCUT2D eigenvalue weighted by Crippen LogP contribution is -2.01. The fourth-order valence-corrected chi connectivity index (χ4v) is 1.97. The first kappa shape index (κ1) is 10.7. The largest absolute Gasteiger partial charge is 0.273 e. The molecule has 0 atom stereocenters. The van der Waals surface area contributed by atoms with E-state index in [1.807, 2.05) is 41.2 Å². The first-order valence-electron chi connectivity index (χ1n) is 4.77. The summed E-state index contributed by atoms with van der Waals surface area (Å²) in [7, 11) is 0. The molecule has 0 aliphatic heterocycles. The van der Waals surface area contributed by atoms with Crippen LogP contribution in [0.5, 0.6) is 0 Å². The van der Waals surface area contributed by atoms with Crippen molar-refractivity contribution in [2.75, 3.05) is 6.26 Å². The predicted octanol–water partition coefficient (Wildman–Crippen LogP) is 2.06. The van der Waals surface area contributed by atoms with E-state index >= 15 is 0 Å². The normalized spacial score (nSPS) is 10.0. The molecule has 4 nitrogen and oxygen atoms in total. The van der Waals surface area contributed by atoms with Gasteiger partial charge in [0.05, 0.1) is 12.5 Å². The van der Waals surface area contributed by atoms with E-state index in [0.29, 0.717) is 5.82 Å². The molecule has 2 aromatic rings. The van der Waals surface area contributed by atoms with Gasteiger partial charge in [0.1, 0.15) is 0 Å². The highest BCUT2D eigenvalue weighted by molar-refractivity contribution is 7.98. The van der Waals surface area contributed by atoms with E-state index in [-0.39, 0.29) is 6.42 Å². The number of rotatable bonds is 3. The highest BCUT2D eigenvalue weighted by atomic mass is 32.2. The van der Waals surface area contributed by atoms with Crippen LogP contribution >= 0.6 is 11.8 Å². The average molecular weight is 230 g/mol. The third kappa shape index (κ3) is 1.92. The van der Waals surface area contributed by atoms with Gasteiger partial charge in [0, 0.05) is 5.69 Å². The molecule has 5 heteroatoms. The molecule has 0 unspecified atom stereocenters. The Morgan fingerprint density at radius 2 is 2.06 bits per heavy atom. The SMILES string of the molecule is CSc1nnc(CC#N)n1-c1ccccc1. The topological polar surface area (TPSA) is 54.5 Å². The lowest BCUT2D eigenvalue weighted by Gasteiger charge is -2.06. The van der Waals surface area contributed by atoms with Crippen LogP contribution < -0.4 is 0 Å². The maximum absolute atomic E-state index is 8.74. The minimum Gasteiger partial charge on any atom is -0.273 e. The van der Waals surface area contributed by atoms with E-state index in [0.717, 1.165) is 10.8 Å². The zero-order valence-corrected chi connectivity index (χ0v) is 9.61. The van der Waals surface area contributed by atoms with Crippen LogP contribution in [0, 0.1) is 11.3 Å². The van der Waals surface area contributed by atoms with Gasteiger partial charge in [0.15, 0.2) is 11.0 Å². The number of hydrogen-bond acceptors (Lipinski definition) is 4. The minimum atomic E-state index is 0.266. The smallest absolute Gasteiger partial charge is 0.195 e. The van der Waals surface area contributed by atoms with Crippen molar-refractivity contribution in [1.82, 2.24) is 14.8 Å². The summed E-state index contributed by atoms with van der Waals surface area (Å²) in [5.41, 5.74) is 0.988. The van der Waals surface area contributed by atoms with Gasteiger partial charge >= 0.3 is 0 Å². The van der Waals surface area contributed by atoms with E-state index in [1.165, 1.54) is 11.8 Å². The van der Waals surface area contributed by atoms with Gasteiger partial charge in [-0.05, 0) is 18.4 Å². The molecular weight excluding hydrogens is 220 g/mol. The molecule has 0 aliphatic carbocycles. The van der Waals surface area contributed by atoms with Crippen LogP contribution in [0.4, 0.5) is 0 Å². The van der Waals surface area contributed by atoms with Gasteiger partial charge in [-0.3, -0.25) is 4.57 Å². The molecular formula is C11H10N4S. The summed E-state index contributed by atoms with van der Waals surface area (Å²) in [5.74, 6) is 0.679. The quantitative estimate of drug-likeness (QED) is 0.757. The number of thioether (sulfide) groups is 1. The van der Waals surface area contributed by atoms with Crippen molar-refractivity contribution in [3.63, 3.8) is 0 Å². The van der Waals surface area contributed by atoms with Crippen LogP contribution in [-0.4, -0.2) is 21.0 Å². The summed E-state index contributed by atoms with van der Waals surface area (Å²) in [6.45, 7) is 0. The molecule has 0 amide bonds. The molecule has 0 saturated heterocycles. The average Bonchev–Trinajstić information content (AvgIpc) is 2.74. The molecule has 2 rings (SSSR count). The molecule has 0 spiro atoms. The Morgan fingerprint density at radius 1 is 1.31 bits per heavy atom. The Balaban J connectivity index is 2.53. The highest BCUT2D eigenvalue weighted by Gasteiger charge is 2.11. The van der Waals surface area contributed by atoms with Crippen molar-refractivity contribution in [3.8, 4) is 11.8 Å². The van der Waals surface area contributed by atoms with Gasteiger partial charge < -0.3 is 0 Å². The van der Waals surface area contributed by atoms with Crippen molar-refractivity contribution in [2.45, 2.75) is 11.6 Å². The van der Waals surface area contributed by atoms with E-state index < -0.39 is 0 Å². The molecule has 1 heterocycles. The molecule has 1 aromatic heterocycles. The van der Waals surface area contributed by atoms with Crippen LogP contribution in [-0.2, 0) is 6.42 Å². The zero-order chi connectivity index (χ0) is 11.4. The molecule has 1 aromatic carbocycles. The number of benzene rings is 1. The number of hydrogen-bond donors (Lipinski definition) is 0. The standard InChI is InChI=1S/C11H10N4S/c1-16-11-14-13-10(7-8-12)15(11)9-5-3-2-4-6-9/h2-6H,7H2,1H3.